The maximum Gasteiger partial charge on any atom is 0.257 e. The summed E-state index contributed by atoms with van der Waals surface area (Å²) in [4.78, 5) is 14.0. The first kappa shape index (κ1) is 16.3. The highest BCUT2D eigenvalue weighted by molar-refractivity contribution is 5.97. The zero-order chi connectivity index (χ0) is 15.0. The van der Waals surface area contributed by atoms with E-state index in [1.54, 1.807) is 25.3 Å². The molecule has 112 valence electrons. The number of amides is 1. The number of ether oxygens (including phenoxy) is 3. The van der Waals surface area contributed by atoms with E-state index in [0.717, 1.165) is 0 Å². The lowest BCUT2D eigenvalue weighted by molar-refractivity contribution is 0.0653. The molecule has 0 aromatic heterocycles. The van der Waals surface area contributed by atoms with Crippen molar-refractivity contribution in [1.29, 1.82) is 0 Å². The Labute approximate surface area is 118 Å². The van der Waals surface area contributed by atoms with Gasteiger partial charge >= 0.3 is 0 Å². The van der Waals surface area contributed by atoms with E-state index in [1.165, 1.54) is 19.1 Å². The van der Waals surface area contributed by atoms with Gasteiger partial charge in [0.1, 0.15) is 11.5 Å². The number of carbonyl (C=O) groups is 1. The van der Waals surface area contributed by atoms with Crippen molar-refractivity contribution in [2.45, 2.75) is 0 Å². The third kappa shape index (κ3) is 4.11. The predicted molar refractivity (Wildman–Crippen MR) is 74.4 cm³/mol. The molecule has 0 unspecified atom stereocenters. The largest absolute Gasteiger partial charge is 0.497 e. The second-order valence-electron chi connectivity index (χ2n) is 4.07. The lowest BCUT2D eigenvalue weighted by Crippen LogP contribution is -2.36. The Balaban J connectivity index is 3.02. The standard InChI is InChI=1S/C14H21NO5/c1-18-9-7-15(6-8-16)14(17)12-10-11(19-2)4-5-13(12)20-3/h4-5,10,16H,6-9H2,1-3H3. The van der Waals surface area contributed by atoms with Crippen molar-refractivity contribution in [2.24, 2.45) is 0 Å². The molecule has 0 aliphatic rings. The molecule has 0 aliphatic heterocycles. The van der Waals surface area contributed by atoms with Crippen LogP contribution in [-0.4, -0.2) is 63.5 Å². The van der Waals surface area contributed by atoms with E-state index in [0.29, 0.717) is 30.2 Å². The highest BCUT2D eigenvalue weighted by Gasteiger charge is 2.20. The molecule has 0 bridgehead atoms. The lowest BCUT2D eigenvalue weighted by Gasteiger charge is -2.22. The number of hydrogen-bond donors (Lipinski definition) is 1. The minimum Gasteiger partial charge on any atom is -0.497 e. The molecule has 1 amide bonds. The topological polar surface area (TPSA) is 68.2 Å². The van der Waals surface area contributed by atoms with Crippen LogP contribution in [0.5, 0.6) is 11.5 Å². The summed E-state index contributed by atoms with van der Waals surface area (Å²) < 4.78 is 15.3. The van der Waals surface area contributed by atoms with Crippen LogP contribution in [0.15, 0.2) is 18.2 Å². The maximum atomic E-state index is 12.5. The quantitative estimate of drug-likeness (QED) is 0.764. The Bertz CT molecular complexity index is 436. The van der Waals surface area contributed by atoms with Gasteiger partial charge in [-0.1, -0.05) is 0 Å². The molecule has 6 nitrogen and oxygen atoms in total. The first-order chi connectivity index (χ1) is 9.67. The number of aliphatic hydroxyl groups excluding tert-OH is 1. The van der Waals surface area contributed by atoms with Crippen molar-refractivity contribution in [3.8, 4) is 11.5 Å². The van der Waals surface area contributed by atoms with Gasteiger partial charge in [-0.2, -0.15) is 0 Å². The van der Waals surface area contributed by atoms with Gasteiger partial charge in [-0.05, 0) is 18.2 Å². The van der Waals surface area contributed by atoms with Gasteiger partial charge in [0, 0.05) is 20.2 Å². The highest BCUT2D eigenvalue weighted by Crippen LogP contribution is 2.25. The van der Waals surface area contributed by atoms with Crippen molar-refractivity contribution in [3.63, 3.8) is 0 Å². The van der Waals surface area contributed by atoms with Crippen LogP contribution < -0.4 is 9.47 Å². The maximum absolute atomic E-state index is 12.5. The monoisotopic (exact) mass is 283 g/mol. The van der Waals surface area contributed by atoms with Gasteiger partial charge < -0.3 is 24.2 Å². The molecular formula is C14H21NO5. The van der Waals surface area contributed by atoms with Crippen LogP contribution in [0.3, 0.4) is 0 Å². The molecule has 0 radical (unpaired) electrons. The number of hydrogen-bond acceptors (Lipinski definition) is 5. The van der Waals surface area contributed by atoms with Crippen LogP contribution in [0.4, 0.5) is 0 Å². The van der Waals surface area contributed by atoms with Gasteiger partial charge in [0.05, 0.1) is 33.0 Å². The van der Waals surface area contributed by atoms with Crippen LogP contribution in [0, 0.1) is 0 Å². The first-order valence-electron chi connectivity index (χ1n) is 6.29. The highest BCUT2D eigenvalue weighted by atomic mass is 16.5. The van der Waals surface area contributed by atoms with Crippen molar-refractivity contribution in [2.75, 3.05) is 47.6 Å². The third-order valence-electron chi connectivity index (χ3n) is 2.86. The Morgan fingerprint density at radius 2 is 1.95 bits per heavy atom. The summed E-state index contributed by atoms with van der Waals surface area (Å²) in [5.74, 6) is 0.813. The number of nitrogens with zero attached hydrogens (tertiary/aromatic N) is 1. The summed E-state index contributed by atoms with van der Waals surface area (Å²) >= 11 is 0. The van der Waals surface area contributed by atoms with Crippen molar-refractivity contribution in [3.05, 3.63) is 23.8 Å². The molecule has 20 heavy (non-hydrogen) atoms. The molecule has 6 heteroatoms. The number of methoxy groups -OCH3 is 3. The van der Waals surface area contributed by atoms with Crippen LogP contribution in [0.2, 0.25) is 0 Å². The Hall–Kier alpha value is -1.79. The van der Waals surface area contributed by atoms with E-state index in [9.17, 15) is 4.79 Å². The Morgan fingerprint density at radius 1 is 1.20 bits per heavy atom. The van der Waals surface area contributed by atoms with Crippen molar-refractivity contribution in [1.82, 2.24) is 4.90 Å². The Kier molecular flexibility index (Phi) is 6.83. The van der Waals surface area contributed by atoms with Gasteiger partial charge in [0.25, 0.3) is 5.91 Å². The minimum absolute atomic E-state index is 0.109. The first-order valence-corrected chi connectivity index (χ1v) is 6.29. The molecule has 1 aromatic rings. The van der Waals surface area contributed by atoms with E-state index in [4.69, 9.17) is 19.3 Å². The summed E-state index contributed by atoms with van der Waals surface area (Å²) in [7, 11) is 4.60. The fourth-order valence-corrected chi connectivity index (χ4v) is 1.79. The SMILES string of the molecule is COCCN(CCO)C(=O)c1cc(OC)ccc1OC. The molecule has 0 heterocycles. The average Bonchev–Trinajstić information content (AvgIpc) is 2.50. The molecule has 0 saturated heterocycles. The summed E-state index contributed by atoms with van der Waals surface area (Å²) in [6.07, 6.45) is 0. The molecule has 1 N–H and O–H groups in total. The van der Waals surface area contributed by atoms with E-state index in [1.807, 2.05) is 0 Å². The van der Waals surface area contributed by atoms with Gasteiger partial charge in [0.2, 0.25) is 0 Å². The van der Waals surface area contributed by atoms with Crippen LogP contribution in [0.1, 0.15) is 10.4 Å². The summed E-state index contributed by atoms with van der Waals surface area (Å²) in [5.41, 5.74) is 0.399. The smallest absolute Gasteiger partial charge is 0.257 e. The molecule has 1 rings (SSSR count). The van der Waals surface area contributed by atoms with Crippen LogP contribution in [-0.2, 0) is 4.74 Å². The van der Waals surface area contributed by atoms with Crippen LogP contribution in [0.25, 0.3) is 0 Å². The molecular weight excluding hydrogens is 262 g/mol. The van der Waals surface area contributed by atoms with Gasteiger partial charge in [-0.15, -0.1) is 0 Å². The Morgan fingerprint density at radius 3 is 2.50 bits per heavy atom. The van der Waals surface area contributed by atoms with Gasteiger partial charge in [-0.25, -0.2) is 0 Å². The number of benzene rings is 1. The zero-order valence-electron chi connectivity index (χ0n) is 12.1. The normalized spacial score (nSPS) is 10.2. The number of carbonyl (C=O) groups excluding carboxylic acids is 1. The summed E-state index contributed by atoms with van der Waals surface area (Å²) in [6, 6.07) is 5.03. The third-order valence-corrected chi connectivity index (χ3v) is 2.86. The van der Waals surface area contributed by atoms with E-state index in [-0.39, 0.29) is 19.1 Å². The van der Waals surface area contributed by atoms with E-state index >= 15 is 0 Å². The molecule has 1 aromatic carbocycles. The fraction of sp³-hybridized carbons (Fsp3) is 0.500. The summed E-state index contributed by atoms with van der Waals surface area (Å²) in [5, 5.41) is 9.07. The molecule has 0 fully saturated rings. The van der Waals surface area contributed by atoms with Crippen LogP contribution >= 0.6 is 0 Å². The molecule has 0 spiro atoms. The zero-order valence-corrected chi connectivity index (χ0v) is 12.1. The molecule has 0 atom stereocenters. The average molecular weight is 283 g/mol. The second kappa shape index (κ2) is 8.39. The van der Waals surface area contributed by atoms with Gasteiger partial charge in [-0.3, -0.25) is 4.79 Å². The van der Waals surface area contributed by atoms with E-state index < -0.39 is 0 Å². The van der Waals surface area contributed by atoms with E-state index in [2.05, 4.69) is 0 Å². The second-order valence-corrected chi connectivity index (χ2v) is 4.07. The summed E-state index contributed by atoms with van der Waals surface area (Å²) in [6.45, 7) is 0.929. The minimum atomic E-state index is -0.230. The van der Waals surface area contributed by atoms with Crippen molar-refractivity contribution >= 4 is 5.91 Å². The number of rotatable bonds is 8. The molecule has 0 aliphatic carbocycles. The lowest BCUT2D eigenvalue weighted by atomic mass is 10.1. The molecule has 0 saturated carbocycles. The fourth-order valence-electron chi connectivity index (χ4n) is 1.79. The van der Waals surface area contributed by atoms with Crippen molar-refractivity contribution < 1.29 is 24.1 Å². The predicted octanol–water partition coefficient (Wildman–Crippen LogP) is 0.785. The number of aliphatic hydroxyl groups is 1. The van der Waals surface area contributed by atoms with Gasteiger partial charge in [0.15, 0.2) is 0 Å².